The molecule has 8 nitrogen and oxygen atoms in total. The van der Waals surface area contributed by atoms with Gasteiger partial charge >= 0.3 is 0 Å². The highest BCUT2D eigenvalue weighted by Crippen LogP contribution is 2.28. The van der Waals surface area contributed by atoms with E-state index in [9.17, 15) is 4.79 Å². The van der Waals surface area contributed by atoms with Gasteiger partial charge in [0, 0.05) is 24.5 Å². The number of methoxy groups -OCH3 is 2. The smallest absolute Gasteiger partial charge is 0.272 e. The number of hydrogen-bond donors (Lipinski definition) is 4. The Hall–Kier alpha value is -3.33. The van der Waals surface area contributed by atoms with E-state index < -0.39 is 0 Å². The van der Waals surface area contributed by atoms with Crippen molar-refractivity contribution >= 4 is 39.6 Å². The monoisotopic (exact) mass is 413 g/mol. The molecule has 1 aromatic heterocycles. The maximum Gasteiger partial charge on any atom is 0.272 e. The van der Waals surface area contributed by atoms with E-state index in [1.165, 1.54) is 0 Å². The van der Waals surface area contributed by atoms with Gasteiger partial charge < -0.3 is 25.4 Å². The number of aromatic amines is 1. The zero-order valence-corrected chi connectivity index (χ0v) is 17.1. The van der Waals surface area contributed by atoms with Crippen LogP contribution in [0.1, 0.15) is 6.42 Å². The van der Waals surface area contributed by atoms with E-state index in [4.69, 9.17) is 21.7 Å². The minimum Gasteiger partial charge on any atom is -0.497 e. The summed E-state index contributed by atoms with van der Waals surface area (Å²) in [5, 5.41) is 18.0. The van der Waals surface area contributed by atoms with Gasteiger partial charge in [0.25, 0.3) is 5.56 Å². The van der Waals surface area contributed by atoms with Gasteiger partial charge in [-0.1, -0.05) is 18.2 Å². The lowest BCUT2D eigenvalue weighted by molar-refractivity contribution is 0.405. The Morgan fingerprint density at radius 3 is 2.66 bits per heavy atom. The van der Waals surface area contributed by atoms with Gasteiger partial charge in [-0.25, -0.2) is 5.10 Å². The second-order valence-corrected chi connectivity index (χ2v) is 6.58. The molecule has 4 N–H and O–H groups in total. The summed E-state index contributed by atoms with van der Waals surface area (Å²) < 4.78 is 10.6. The number of nitrogens with zero attached hydrogens (tertiary/aromatic N) is 1. The Kier molecular flexibility index (Phi) is 6.85. The number of aromatic nitrogens is 2. The van der Waals surface area contributed by atoms with E-state index in [1.54, 1.807) is 20.3 Å². The largest absolute Gasteiger partial charge is 0.497 e. The lowest BCUT2D eigenvalue weighted by atomic mass is 10.2. The highest BCUT2D eigenvalue weighted by molar-refractivity contribution is 7.80. The highest BCUT2D eigenvalue weighted by atomic mass is 32.1. The predicted molar refractivity (Wildman–Crippen MR) is 119 cm³/mol. The molecule has 0 fully saturated rings. The van der Waals surface area contributed by atoms with Gasteiger partial charge in [-0.2, -0.15) is 5.10 Å². The normalized spacial score (nSPS) is 10.4. The third-order valence-corrected chi connectivity index (χ3v) is 4.53. The molecule has 0 saturated heterocycles. The number of rotatable bonds is 8. The fraction of sp³-hybridized carbons (Fsp3) is 0.250. The molecule has 0 aliphatic carbocycles. The Morgan fingerprint density at radius 1 is 1.10 bits per heavy atom. The third-order valence-electron chi connectivity index (χ3n) is 4.28. The number of fused-ring (bicyclic) bond motifs is 1. The van der Waals surface area contributed by atoms with Crippen molar-refractivity contribution in [2.75, 3.05) is 37.9 Å². The van der Waals surface area contributed by atoms with Crippen LogP contribution in [0.5, 0.6) is 11.5 Å². The lowest BCUT2D eigenvalue weighted by Gasteiger charge is -2.14. The van der Waals surface area contributed by atoms with Crippen molar-refractivity contribution in [2.24, 2.45) is 0 Å². The molecule has 1 heterocycles. The molecule has 29 heavy (non-hydrogen) atoms. The summed E-state index contributed by atoms with van der Waals surface area (Å²) in [6.07, 6.45) is 0.798. The molecular formula is C20H23N5O3S. The van der Waals surface area contributed by atoms with Crippen LogP contribution in [0.4, 0.5) is 11.5 Å². The lowest BCUT2D eigenvalue weighted by Crippen LogP contribution is -2.30. The van der Waals surface area contributed by atoms with Crippen LogP contribution in [0.2, 0.25) is 0 Å². The Morgan fingerprint density at radius 2 is 1.90 bits per heavy atom. The molecule has 0 aliphatic rings. The fourth-order valence-corrected chi connectivity index (χ4v) is 3.04. The SMILES string of the molecule is COc1ccc(OC)c(NC(=S)NCCCNc2n[nH]c(=O)c3ccccc23)c1. The van der Waals surface area contributed by atoms with Gasteiger partial charge in [0.05, 0.1) is 25.3 Å². The van der Waals surface area contributed by atoms with E-state index in [2.05, 4.69) is 26.1 Å². The maximum atomic E-state index is 11.8. The molecule has 0 amide bonds. The van der Waals surface area contributed by atoms with Crippen LogP contribution in [0.15, 0.2) is 47.3 Å². The van der Waals surface area contributed by atoms with Crippen LogP contribution in [-0.2, 0) is 0 Å². The van der Waals surface area contributed by atoms with Crippen molar-refractivity contribution in [3.8, 4) is 11.5 Å². The quantitative estimate of drug-likeness (QED) is 0.330. The molecular weight excluding hydrogens is 390 g/mol. The van der Waals surface area contributed by atoms with Gasteiger partial charge in [-0.3, -0.25) is 4.79 Å². The summed E-state index contributed by atoms with van der Waals surface area (Å²) >= 11 is 5.35. The summed E-state index contributed by atoms with van der Waals surface area (Å²) in [4.78, 5) is 11.8. The average molecular weight is 414 g/mol. The van der Waals surface area contributed by atoms with Crippen LogP contribution in [0, 0.1) is 0 Å². The van der Waals surface area contributed by atoms with Gasteiger partial charge in [-0.15, -0.1) is 0 Å². The number of hydrogen-bond acceptors (Lipinski definition) is 6. The molecule has 152 valence electrons. The predicted octanol–water partition coefficient (Wildman–Crippen LogP) is 2.73. The average Bonchev–Trinajstić information content (AvgIpc) is 2.75. The number of H-pyrrole nitrogens is 1. The van der Waals surface area contributed by atoms with Gasteiger partial charge in [0.2, 0.25) is 0 Å². The molecule has 0 unspecified atom stereocenters. The van der Waals surface area contributed by atoms with Crippen molar-refractivity contribution < 1.29 is 9.47 Å². The van der Waals surface area contributed by atoms with Crippen LogP contribution in [-0.4, -0.2) is 42.6 Å². The van der Waals surface area contributed by atoms with Crippen LogP contribution < -0.4 is 31.0 Å². The van der Waals surface area contributed by atoms with Crippen molar-refractivity contribution in [1.29, 1.82) is 0 Å². The summed E-state index contributed by atoms with van der Waals surface area (Å²) in [6.45, 7) is 1.33. The molecule has 0 aliphatic heterocycles. The first-order chi connectivity index (χ1) is 14.1. The molecule has 0 bridgehead atoms. The van der Waals surface area contributed by atoms with Crippen molar-refractivity contribution in [3.63, 3.8) is 0 Å². The summed E-state index contributed by atoms with van der Waals surface area (Å²) in [6, 6.07) is 12.8. The van der Waals surface area contributed by atoms with E-state index in [0.29, 0.717) is 40.9 Å². The summed E-state index contributed by atoms with van der Waals surface area (Å²) in [5.74, 6) is 2.04. The Labute approximate surface area is 173 Å². The van der Waals surface area contributed by atoms with Crippen molar-refractivity contribution in [3.05, 3.63) is 52.8 Å². The van der Waals surface area contributed by atoms with Gasteiger partial charge in [0.15, 0.2) is 10.9 Å². The number of thiocarbonyl (C=S) groups is 1. The molecule has 2 aromatic carbocycles. The van der Waals surface area contributed by atoms with Crippen LogP contribution in [0.25, 0.3) is 10.8 Å². The topological polar surface area (TPSA) is 100 Å². The fourth-order valence-electron chi connectivity index (χ4n) is 2.82. The standard InChI is InChI=1S/C20H23N5O3S/c1-27-13-8-9-17(28-2)16(12-13)23-20(29)22-11-5-10-21-18-14-6-3-4-7-15(14)19(26)25-24-18/h3-4,6-9,12H,5,10-11H2,1-2H3,(H,21,24)(H,25,26)(H2,22,23,29). The van der Waals surface area contributed by atoms with Gasteiger partial charge in [-0.05, 0) is 36.8 Å². The highest BCUT2D eigenvalue weighted by Gasteiger charge is 2.07. The van der Waals surface area contributed by atoms with E-state index >= 15 is 0 Å². The first-order valence-electron chi connectivity index (χ1n) is 9.10. The molecule has 0 atom stereocenters. The second-order valence-electron chi connectivity index (χ2n) is 6.17. The Balaban J connectivity index is 1.49. The zero-order valence-electron chi connectivity index (χ0n) is 16.2. The van der Waals surface area contributed by atoms with Crippen LogP contribution in [0.3, 0.4) is 0 Å². The summed E-state index contributed by atoms with van der Waals surface area (Å²) in [5.41, 5.74) is 0.531. The number of anilines is 2. The second kappa shape index (κ2) is 9.74. The minimum absolute atomic E-state index is 0.197. The van der Waals surface area contributed by atoms with Crippen LogP contribution >= 0.6 is 12.2 Å². The first kappa shape index (κ1) is 20.4. The van der Waals surface area contributed by atoms with Crippen molar-refractivity contribution in [2.45, 2.75) is 6.42 Å². The molecule has 3 aromatic rings. The Bertz CT molecular complexity index is 1050. The van der Waals surface area contributed by atoms with Crippen molar-refractivity contribution in [1.82, 2.24) is 15.5 Å². The third kappa shape index (κ3) is 5.14. The van der Waals surface area contributed by atoms with E-state index in [-0.39, 0.29) is 5.56 Å². The number of ether oxygens (including phenoxy) is 2. The zero-order chi connectivity index (χ0) is 20.6. The molecule has 0 spiro atoms. The van der Waals surface area contributed by atoms with E-state index in [0.717, 1.165) is 17.5 Å². The first-order valence-corrected chi connectivity index (χ1v) is 9.51. The number of benzene rings is 2. The minimum atomic E-state index is -0.197. The number of nitrogens with one attached hydrogen (secondary N) is 4. The molecule has 3 rings (SSSR count). The van der Waals surface area contributed by atoms with E-state index in [1.807, 2.05) is 36.4 Å². The molecule has 9 heteroatoms. The van der Waals surface area contributed by atoms with Gasteiger partial charge in [0.1, 0.15) is 11.5 Å². The summed E-state index contributed by atoms with van der Waals surface area (Å²) in [7, 11) is 3.21. The maximum absolute atomic E-state index is 11.8. The molecule has 0 saturated carbocycles. The molecule has 0 radical (unpaired) electrons.